The predicted molar refractivity (Wildman–Crippen MR) is 100 cm³/mol. The van der Waals surface area contributed by atoms with Crippen molar-refractivity contribution in [2.24, 2.45) is 0 Å². The lowest BCUT2D eigenvalue weighted by molar-refractivity contribution is 0.168. The molecule has 1 aliphatic rings. The van der Waals surface area contributed by atoms with E-state index in [0.717, 1.165) is 0 Å². The average molecular weight is 402 g/mol. The van der Waals surface area contributed by atoms with Crippen molar-refractivity contribution >= 4 is 27.3 Å². The lowest BCUT2D eigenvalue weighted by Gasteiger charge is -2.22. The van der Waals surface area contributed by atoms with Gasteiger partial charge in [-0.3, -0.25) is 0 Å². The molecule has 0 saturated carbocycles. The lowest BCUT2D eigenvalue weighted by Crippen LogP contribution is -2.20. The van der Waals surface area contributed by atoms with Crippen molar-refractivity contribution in [3.8, 4) is 11.5 Å². The van der Waals surface area contributed by atoms with E-state index in [0.29, 0.717) is 29.1 Å². The molecule has 3 aromatic rings. The van der Waals surface area contributed by atoms with Crippen LogP contribution < -0.4 is 11.1 Å². The number of benzene rings is 1. The van der Waals surface area contributed by atoms with Crippen LogP contribution >= 0.6 is 0 Å². The Balaban J connectivity index is 1.61. The minimum absolute atomic E-state index is 0.0650. The molecule has 28 heavy (non-hydrogen) atoms. The van der Waals surface area contributed by atoms with E-state index in [1.54, 1.807) is 12.1 Å². The van der Waals surface area contributed by atoms with Gasteiger partial charge in [-0.25, -0.2) is 13.4 Å². The second-order valence-corrected chi connectivity index (χ2v) is 8.43. The van der Waals surface area contributed by atoms with Gasteiger partial charge in [0.25, 0.3) is 5.89 Å². The Morgan fingerprint density at radius 1 is 1.36 bits per heavy atom. The van der Waals surface area contributed by atoms with Crippen molar-refractivity contribution in [1.29, 1.82) is 0 Å². The number of nitrogen functional groups attached to an aromatic ring is 1. The number of hydrogen-bond donors (Lipinski definition) is 3. The highest BCUT2D eigenvalue weighted by atomic mass is 32.2. The van der Waals surface area contributed by atoms with E-state index >= 15 is 0 Å². The number of fused-ring (bicyclic) bond motifs is 1. The quantitative estimate of drug-likeness (QED) is 0.585. The number of sulfone groups is 1. The number of rotatable bonds is 4. The Bertz CT molecular complexity index is 1140. The zero-order chi connectivity index (χ0) is 19.9. The molecule has 2 aromatic heterocycles. The van der Waals surface area contributed by atoms with Gasteiger partial charge in [0.05, 0.1) is 22.3 Å². The molecule has 11 heteroatoms. The number of nitrogens with one attached hydrogen (secondary N) is 1. The van der Waals surface area contributed by atoms with Crippen LogP contribution in [0.5, 0.6) is 0 Å². The number of nitrogens with zero attached hydrogens (tertiary/aromatic N) is 4. The second-order valence-electron chi connectivity index (χ2n) is 6.35. The molecule has 4 rings (SSSR count). The monoisotopic (exact) mass is 402 g/mol. The molecule has 1 aliphatic heterocycles. The lowest BCUT2D eigenvalue weighted by atomic mass is 10.1. The van der Waals surface area contributed by atoms with Crippen LogP contribution in [0.1, 0.15) is 30.9 Å². The van der Waals surface area contributed by atoms with Gasteiger partial charge in [0, 0.05) is 23.9 Å². The summed E-state index contributed by atoms with van der Waals surface area (Å²) in [6.45, 7) is 1.89. The molecular weight excluding hydrogens is 384 g/mol. The Kier molecular flexibility index (Phi) is 4.47. The van der Waals surface area contributed by atoms with Crippen LogP contribution in [-0.2, 0) is 16.3 Å². The van der Waals surface area contributed by atoms with Gasteiger partial charge in [-0.2, -0.15) is 4.98 Å². The second kappa shape index (κ2) is 6.84. The normalized spacial score (nSPS) is 17.9. The van der Waals surface area contributed by atoms with Gasteiger partial charge >= 0.3 is 0 Å². The molecule has 146 valence electrons. The molecule has 1 aromatic carbocycles. The van der Waals surface area contributed by atoms with E-state index in [9.17, 15) is 13.5 Å². The Morgan fingerprint density at radius 3 is 2.89 bits per heavy atom. The summed E-state index contributed by atoms with van der Waals surface area (Å²) >= 11 is 0. The first-order valence-corrected chi connectivity index (χ1v) is 10.3. The fraction of sp³-hybridized carbons (Fsp3) is 0.294. The number of aryl methyl sites for hydroxylation is 1. The highest BCUT2D eigenvalue weighted by Gasteiger charge is 2.29. The van der Waals surface area contributed by atoms with Crippen molar-refractivity contribution in [3.63, 3.8) is 0 Å². The third-order valence-electron chi connectivity index (χ3n) is 4.44. The molecule has 0 radical (unpaired) electrons. The first-order valence-electron chi connectivity index (χ1n) is 8.64. The van der Waals surface area contributed by atoms with E-state index in [-0.39, 0.29) is 34.7 Å². The number of hydrogen-bond acceptors (Lipinski definition) is 10. The summed E-state index contributed by atoms with van der Waals surface area (Å²) in [7, 11) is -3.37. The average Bonchev–Trinajstić information content (AvgIpc) is 3.14. The summed E-state index contributed by atoms with van der Waals surface area (Å²) in [5.41, 5.74) is 7.30. The molecule has 4 N–H and O–H groups in total. The fourth-order valence-electron chi connectivity index (χ4n) is 2.96. The summed E-state index contributed by atoms with van der Waals surface area (Å²) in [5.74, 6) is 1.03. The third-order valence-corrected chi connectivity index (χ3v) is 6.25. The first kappa shape index (κ1) is 18.3. The number of anilines is 3. The zero-order valence-electron chi connectivity index (χ0n) is 15.0. The maximum Gasteiger partial charge on any atom is 0.253 e. The molecule has 0 bridgehead atoms. The van der Waals surface area contributed by atoms with Gasteiger partial charge in [-0.15, -0.1) is 10.2 Å². The number of aromatic nitrogens is 4. The fourth-order valence-corrected chi connectivity index (χ4v) is 4.54. The van der Waals surface area contributed by atoms with Gasteiger partial charge in [-0.05, 0) is 24.6 Å². The predicted octanol–water partition coefficient (Wildman–Crippen LogP) is 1.63. The molecule has 1 atom stereocenters. The molecule has 0 spiro atoms. The molecule has 3 heterocycles. The van der Waals surface area contributed by atoms with Gasteiger partial charge < -0.3 is 20.6 Å². The molecule has 0 aliphatic carbocycles. The van der Waals surface area contributed by atoms with Gasteiger partial charge in [0.1, 0.15) is 5.82 Å². The summed E-state index contributed by atoms with van der Waals surface area (Å²) in [6.07, 6.45) is 1.41. The zero-order valence-corrected chi connectivity index (χ0v) is 15.8. The van der Waals surface area contributed by atoms with Crippen molar-refractivity contribution < 1.29 is 17.9 Å². The Labute approximate surface area is 160 Å². The molecule has 0 amide bonds. The molecule has 0 saturated heterocycles. The van der Waals surface area contributed by atoms with Crippen molar-refractivity contribution in [2.75, 3.05) is 16.8 Å². The molecule has 10 nitrogen and oxygen atoms in total. The standard InChI is InChI=1S/C17H18N6O4S/c1-2-14-22-23-16(27-14)11-8-19-17(21-15(11)18)20-9-3-4-13-10(7-9)12(24)5-6-28(13,25)26/h3-4,7-8,12,24H,2,5-6H2,1H3,(H3,18,19,20,21). The summed E-state index contributed by atoms with van der Waals surface area (Å²) in [5, 5.41) is 20.9. The molecule has 1 unspecified atom stereocenters. The molecule has 0 fully saturated rings. The number of nitrogens with two attached hydrogens (primary N) is 1. The summed E-state index contributed by atoms with van der Waals surface area (Å²) < 4.78 is 29.7. The van der Waals surface area contributed by atoms with E-state index in [1.165, 1.54) is 12.3 Å². The van der Waals surface area contributed by atoms with Crippen LogP contribution in [0.4, 0.5) is 17.5 Å². The maximum absolute atomic E-state index is 12.1. The van der Waals surface area contributed by atoms with Gasteiger partial charge in [-0.1, -0.05) is 6.92 Å². The highest BCUT2D eigenvalue weighted by Crippen LogP contribution is 2.34. The van der Waals surface area contributed by atoms with Crippen LogP contribution in [0.15, 0.2) is 33.7 Å². The van der Waals surface area contributed by atoms with Crippen LogP contribution in [0.2, 0.25) is 0 Å². The Morgan fingerprint density at radius 2 is 2.18 bits per heavy atom. The number of aliphatic hydroxyl groups is 1. The largest absolute Gasteiger partial charge is 0.421 e. The minimum atomic E-state index is -3.37. The number of aliphatic hydroxyl groups excluding tert-OH is 1. The first-order chi connectivity index (χ1) is 13.4. The minimum Gasteiger partial charge on any atom is -0.421 e. The van der Waals surface area contributed by atoms with Crippen LogP contribution in [0.3, 0.4) is 0 Å². The SMILES string of the molecule is CCc1nnc(-c2cnc(Nc3ccc4c(c3)C(O)CCS4(=O)=O)nc2N)o1. The van der Waals surface area contributed by atoms with Crippen LogP contribution in [0.25, 0.3) is 11.5 Å². The van der Waals surface area contributed by atoms with Crippen molar-refractivity contribution in [3.05, 3.63) is 35.9 Å². The summed E-state index contributed by atoms with van der Waals surface area (Å²) in [4.78, 5) is 8.53. The van der Waals surface area contributed by atoms with Crippen molar-refractivity contribution in [1.82, 2.24) is 20.2 Å². The van der Waals surface area contributed by atoms with E-state index in [1.807, 2.05) is 6.92 Å². The highest BCUT2D eigenvalue weighted by molar-refractivity contribution is 7.91. The summed E-state index contributed by atoms with van der Waals surface area (Å²) in [6, 6.07) is 4.64. The third kappa shape index (κ3) is 3.29. The van der Waals surface area contributed by atoms with Crippen molar-refractivity contribution in [2.45, 2.75) is 30.8 Å². The maximum atomic E-state index is 12.1. The van der Waals surface area contributed by atoms with E-state index in [2.05, 4.69) is 25.5 Å². The van der Waals surface area contributed by atoms with Gasteiger partial charge in [0.2, 0.25) is 11.8 Å². The molecular formula is C17H18N6O4S. The van der Waals surface area contributed by atoms with Crippen LogP contribution in [-0.4, -0.2) is 39.4 Å². The Hall–Kier alpha value is -3.05. The van der Waals surface area contributed by atoms with Gasteiger partial charge in [0.15, 0.2) is 9.84 Å². The smallest absolute Gasteiger partial charge is 0.253 e. The topological polar surface area (TPSA) is 157 Å². The van der Waals surface area contributed by atoms with E-state index < -0.39 is 15.9 Å². The van der Waals surface area contributed by atoms with Crippen LogP contribution in [0, 0.1) is 0 Å². The van der Waals surface area contributed by atoms with E-state index in [4.69, 9.17) is 10.2 Å².